The van der Waals surface area contributed by atoms with Crippen molar-refractivity contribution >= 4 is 21.8 Å². The van der Waals surface area contributed by atoms with Crippen LogP contribution in [0.15, 0.2) is 22.7 Å². The predicted octanol–water partition coefficient (Wildman–Crippen LogP) is 3.78. The molecule has 0 spiro atoms. The summed E-state index contributed by atoms with van der Waals surface area (Å²) in [4.78, 5) is 12.0. The van der Waals surface area contributed by atoms with Crippen LogP contribution in [0.1, 0.15) is 36.7 Å². The Morgan fingerprint density at radius 2 is 2.00 bits per heavy atom. The van der Waals surface area contributed by atoms with E-state index < -0.39 is 0 Å². The van der Waals surface area contributed by atoms with Gasteiger partial charge >= 0.3 is 0 Å². The Bertz CT molecular complexity index is 401. The highest BCUT2D eigenvalue weighted by molar-refractivity contribution is 9.10. The lowest BCUT2D eigenvalue weighted by Crippen LogP contribution is -2.30. The normalized spacial score (nSPS) is 12.6. The molecule has 0 aromatic heterocycles. The van der Waals surface area contributed by atoms with Gasteiger partial charge in [-0.15, -0.1) is 0 Å². The van der Waals surface area contributed by atoms with Crippen LogP contribution in [0.5, 0.6) is 0 Å². The minimum absolute atomic E-state index is 0.00641. The molecule has 0 saturated carbocycles. The second-order valence-electron chi connectivity index (χ2n) is 4.91. The molecule has 0 heterocycles. The van der Waals surface area contributed by atoms with Crippen LogP contribution < -0.4 is 5.32 Å². The molecule has 1 atom stereocenters. The van der Waals surface area contributed by atoms with Crippen LogP contribution in [-0.2, 0) is 0 Å². The van der Waals surface area contributed by atoms with E-state index in [4.69, 9.17) is 0 Å². The first-order chi connectivity index (χ1) is 7.91. The van der Waals surface area contributed by atoms with Gasteiger partial charge in [0.25, 0.3) is 5.91 Å². The highest BCUT2D eigenvalue weighted by Crippen LogP contribution is 2.18. The largest absolute Gasteiger partial charge is 0.352 e. The van der Waals surface area contributed by atoms with Crippen LogP contribution in [0.25, 0.3) is 0 Å². The molecule has 0 aliphatic carbocycles. The molecule has 0 radical (unpaired) electrons. The lowest BCUT2D eigenvalue weighted by atomic mass is 9.98. The molecule has 0 fully saturated rings. The van der Waals surface area contributed by atoms with E-state index in [1.54, 1.807) is 0 Å². The summed E-state index contributed by atoms with van der Waals surface area (Å²) in [6.45, 7) is 9.19. The Labute approximate surface area is 112 Å². The minimum atomic E-state index is -0.00641. The quantitative estimate of drug-likeness (QED) is 0.900. The van der Waals surface area contributed by atoms with E-state index in [9.17, 15) is 4.79 Å². The van der Waals surface area contributed by atoms with Crippen LogP contribution in [0.3, 0.4) is 0 Å². The van der Waals surface area contributed by atoms with Gasteiger partial charge in [0.1, 0.15) is 0 Å². The molecule has 1 rings (SSSR count). The number of aryl methyl sites for hydroxylation is 1. The van der Waals surface area contributed by atoms with Gasteiger partial charge in [-0.2, -0.15) is 0 Å². The Morgan fingerprint density at radius 1 is 1.35 bits per heavy atom. The summed E-state index contributed by atoms with van der Waals surface area (Å²) < 4.78 is 0.845. The fourth-order valence-electron chi connectivity index (χ4n) is 1.40. The predicted molar refractivity (Wildman–Crippen MR) is 75.2 cm³/mol. The molecule has 1 N–H and O–H groups in total. The molecule has 0 saturated heterocycles. The highest BCUT2D eigenvalue weighted by Gasteiger charge is 2.12. The zero-order chi connectivity index (χ0) is 13.0. The van der Waals surface area contributed by atoms with Crippen LogP contribution in [0, 0.1) is 18.8 Å². The summed E-state index contributed by atoms with van der Waals surface area (Å²) >= 11 is 3.41. The molecule has 0 bridgehead atoms. The SMILES string of the molecule is Cc1ccc(Br)c(C(=O)NCC(C)C(C)C)c1. The van der Waals surface area contributed by atoms with Crippen molar-refractivity contribution in [2.24, 2.45) is 11.8 Å². The van der Waals surface area contributed by atoms with Crippen molar-refractivity contribution in [3.8, 4) is 0 Å². The van der Waals surface area contributed by atoms with Gasteiger partial charge in [-0.25, -0.2) is 0 Å². The van der Waals surface area contributed by atoms with Gasteiger partial charge in [-0.05, 0) is 46.8 Å². The molecule has 1 aromatic rings. The van der Waals surface area contributed by atoms with Crippen LogP contribution in [0.4, 0.5) is 0 Å². The number of hydrogen-bond acceptors (Lipinski definition) is 1. The maximum absolute atomic E-state index is 12.0. The first-order valence-electron chi connectivity index (χ1n) is 5.96. The van der Waals surface area contributed by atoms with Gasteiger partial charge in [0.2, 0.25) is 0 Å². The van der Waals surface area contributed by atoms with Crippen molar-refractivity contribution in [1.82, 2.24) is 5.32 Å². The standard InChI is InChI=1S/C14H20BrNO/c1-9(2)11(4)8-16-14(17)12-7-10(3)5-6-13(12)15/h5-7,9,11H,8H2,1-4H3,(H,16,17). The first kappa shape index (κ1) is 14.2. The van der Waals surface area contributed by atoms with E-state index in [1.165, 1.54) is 0 Å². The number of hydrogen-bond donors (Lipinski definition) is 1. The average molecular weight is 298 g/mol. The molecular weight excluding hydrogens is 278 g/mol. The lowest BCUT2D eigenvalue weighted by Gasteiger charge is -2.16. The number of rotatable bonds is 4. The maximum atomic E-state index is 12.0. The number of carbonyl (C=O) groups is 1. The molecule has 3 heteroatoms. The monoisotopic (exact) mass is 297 g/mol. The summed E-state index contributed by atoms with van der Waals surface area (Å²) in [7, 11) is 0. The summed E-state index contributed by atoms with van der Waals surface area (Å²) in [5, 5.41) is 2.98. The van der Waals surface area contributed by atoms with E-state index in [2.05, 4.69) is 42.0 Å². The van der Waals surface area contributed by atoms with Gasteiger partial charge in [-0.3, -0.25) is 4.79 Å². The van der Waals surface area contributed by atoms with Gasteiger partial charge in [-0.1, -0.05) is 32.4 Å². The Hall–Kier alpha value is -0.830. The zero-order valence-electron chi connectivity index (χ0n) is 10.9. The second kappa shape index (κ2) is 6.20. The Balaban J connectivity index is 2.67. The van der Waals surface area contributed by atoms with Crippen molar-refractivity contribution in [3.05, 3.63) is 33.8 Å². The molecule has 0 aliphatic heterocycles. The Kier molecular flexibility index (Phi) is 5.19. The molecule has 1 aromatic carbocycles. The lowest BCUT2D eigenvalue weighted by molar-refractivity contribution is 0.0944. The molecule has 17 heavy (non-hydrogen) atoms. The molecule has 94 valence electrons. The smallest absolute Gasteiger partial charge is 0.252 e. The maximum Gasteiger partial charge on any atom is 0.252 e. The fourth-order valence-corrected chi connectivity index (χ4v) is 1.82. The van der Waals surface area contributed by atoms with Crippen LogP contribution in [-0.4, -0.2) is 12.5 Å². The molecule has 0 aliphatic rings. The van der Waals surface area contributed by atoms with Crippen molar-refractivity contribution in [1.29, 1.82) is 0 Å². The number of benzene rings is 1. The summed E-state index contributed by atoms with van der Waals surface area (Å²) in [5.74, 6) is 1.06. The third-order valence-electron chi connectivity index (χ3n) is 3.09. The molecular formula is C14H20BrNO. The Morgan fingerprint density at radius 3 is 2.59 bits per heavy atom. The fraction of sp³-hybridized carbons (Fsp3) is 0.500. The van der Waals surface area contributed by atoms with Crippen LogP contribution >= 0.6 is 15.9 Å². The van der Waals surface area contributed by atoms with Crippen LogP contribution in [0.2, 0.25) is 0 Å². The van der Waals surface area contributed by atoms with Crippen molar-refractivity contribution in [3.63, 3.8) is 0 Å². The van der Waals surface area contributed by atoms with Crippen molar-refractivity contribution in [2.75, 3.05) is 6.54 Å². The first-order valence-corrected chi connectivity index (χ1v) is 6.75. The molecule has 1 amide bonds. The summed E-state index contributed by atoms with van der Waals surface area (Å²) in [6.07, 6.45) is 0. The summed E-state index contributed by atoms with van der Waals surface area (Å²) in [5.41, 5.74) is 1.80. The number of halogens is 1. The minimum Gasteiger partial charge on any atom is -0.352 e. The average Bonchev–Trinajstić information content (AvgIpc) is 2.28. The number of nitrogens with one attached hydrogen (secondary N) is 1. The van der Waals surface area contributed by atoms with E-state index in [0.29, 0.717) is 17.4 Å². The summed E-state index contributed by atoms with van der Waals surface area (Å²) in [6, 6.07) is 5.80. The number of amides is 1. The van der Waals surface area contributed by atoms with Crippen molar-refractivity contribution < 1.29 is 4.79 Å². The van der Waals surface area contributed by atoms with Gasteiger partial charge in [0.15, 0.2) is 0 Å². The van der Waals surface area contributed by atoms with E-state index in [0.717, 1.165) is 16.6 Å². The van der Waals surface area contributed by atoms with Gasteiger partial charge in [0, 0.05) is 11.0 Å². The van der Waals surface area contributed by atoms with Crippen molar-refractivity contribution in [2.45, 2.75) is 27.7 Å². The van der Waals surface area contributed by atoms with Gasteiger partial charge < -0.3 is 5.32 Å². The highest BCUT2D eigenvalue weighted by atomic mass is 79.9. The van der Waals surface area contributed by atoms with E-state index in [1.807, 2.05) is 25.1 Å². The van der Waals surface area contributed by atoms with E-state index >= 15 is 0 Å². The molecule has 2 nitrogen and oxygen atoms in total. The van der Waals surface area contributed by atoms with Gasteiger partial charge in [0.05, 0.1) is 5.56 Å². The topological polar surface area (TPSA) is 29.1 Å². The second-order valence-corrected chi connectivity index (χ2v) is 5.77. The third kappa shape index (κ3) is 4.15. The zero-order valence-corrected chi connectivity index (χ0v) is 12.5. The molecule has 1 unspecified atom stereocenters. The number of carbonyl (C=O) groups excluding carboxylic acids is 1. The third-order valence-corrected chi connectivity index (χ3v) is 3.78. The van der Waals surface area contributed by atoms with E-state index in [-0.39, 0.29) is 5.91 Å².